The Bertz CT molecular complexity index is 976. The fraction of sp³-hybridized carbons (Fsp3) is 0.0476. The van der Waals surface area contributed by atoms with Crippen molar-refractivity contribution in [2.45, 2.75) is 6.54 Å². The summed E-state index contributed by atoms with van der Waals surface area (Å²) in [4.78, 5) is 9.24. The van der Waals surface area contributed by atoms with Crippen LogP contribution in [0.4, 0.5) is 0 Å². The number of nitrogens with zero attached hydrogens (tertiary/aromatic N) is 2. The lowest BCUT2D eigenvalue weighted by molar-refractivity contribution is 1.02. The fourth-order valence-corrected chi connectivity index (χ4v) is 2.86. The van der Waals surface area contributed by atoms with Crippen molar-refractivity contribution in [1.82, 2.24) is 4.98 Å². The third-order valence-electron chi connectivity index (χ3n) is 4.03. The molecule has 0 aliphatic carbocycles. The Balaban J connectivity index is 2.05. The predicted molar refractivity (Wildman–Crippen MR) is 95.0 cm³/mol. The molecule has 3 aromatic carbocycles. The maximum atomic E-state index is 4.93. The van der Waals surface area contributed by atoms with Gasteiger partial charge in [0.05, 0.1) is 11.9 Å². The Morgan fingerprint density at radius 2 is 1.43 bits per heavy atom. The fourth-order valence-electron chi connectivity index (χ4n) is 2.86. The number of fused-ring (bicyclic) bond motifs is 2. The Hall–Kier alpha value is -3.00. The lowest BCUT2D eigenvalue weighted by Crippen LogP contribution is -2.03. The van der Waals surface area contributed by atoms with Gasteiger partial charge in [-0.1, -0.05) is 66.7 Å². The van der Waals surface area contributed by atoms with Gasteiger partial charge < -0.3 is 0 Å². The van der Waals surface area contributed by atoms with Gasteiger partial charge in [0.1, 0.15) is 0 Å². The van der Waals surface area contributed by atoms with E-state index in [1.165, 1.54) is 10.9 Å². The Morgan fingerprint density at radius 3 is 2.30 bits per heavy atom. The van der Waals surface area contributed by atoms with Crippen molar-refractivity contribution in [3.63, 3.8) is 0 Å². The molecule has 2 nitrogen and oxygen atoms in total. The Labute approximate surface area is 134 Å². The minimum Gasteiger partial charge on any atom is -0.279 e. The minimum atomic E-state index is 0.666. The van der Waals surface area contributed by atoms with Crippen LogP contribution in [0, 0.1) is 0 Å². The highest BCUT2D eigenvalue weighted by Crippen LogP contribution is 2.14. The first-order chi connectivity index (χ1) is 11.4. The van der Waals surface area contributed by atoms with Crippen molar-refractivity contribution in [3.8, 4) is 0 Å². The molecule has 4 rings (SSSR count). The van der Waals surface area contributed by atoms with Crippen LogP contribution in [0.1, 0.15) is 5.56 Å². The van der Waals surface area contributed by atoms with E-state index in [9.17, 15) is 0 Å². The average Bonchev–Trinajstić information content (AvgIpc) is 2.78. The van der Waals surface area contributed by atoms with E-state index < -0.39 is 0 Å². The molecule has 4 aromatic rings. The summed E-state index contributed by atoms with van der Waals surface area (Å²) in [6.07, 6.45) is 3.74. The van der Waals surface area contributed by atoms with E-state index >= 15 is 0 Å². The molecule has 0 aliphatic rings. The normalized spacial score (nSPS) is 11.9. The molecule has 110 valence electrons. The van der Waals surface area contributed by atoms with Gasteiger partial charge in [-0.3, -0.25) is 9.98 Å². The van der Waals surface area contributed by atoms with Gasteiger partial charge in [-0.2, -0.15) is 0 Å². The van der Waals surface area contributed by atoms with Crippen LogP contribution in [-0.2, 0) is 6.54 Å². The second-order valence-corrected chi connectivity index (χ2v) is 5.53. The molecule has 0 N–H and O–H groups in total. The smallest absolute Gasteiger partial charge is 0.0750 e. The predicted octanol–water partition coefficient (Wildman–Crippen LogP) is 4.49. The van der Waals surface area contributed by atoms with Gasteiger partial charge in [0, 0.05) is 23.2 Å². The molecule has 1 heterocycles. The summed E-state index contributed by atoms with van der Waals surface area (Å²) in [6.45, 7) is 0.666. The highest BCUT2D eigenvalue weighted by atomic mass is 14.7. The molecule has 0 fully saturated rings. The number of rotatable bonds is 2. The van der Waals surface area contributed by atoms with Gasteiger partial charge in [-0.15, -0.1) is 0 Å². The van der Waals surface area contributed by atoms with E-state index in [0.717, 1.165) is 21.5 Å². The maximum Gasteiger partial charge on any atom is 0.0750 e. The molecule has 0 saturated carbocycles. The zero-order valence-corrected chi connectivity index (χ0v) is 12.7. The minimum absolute atomic E-state index is 0.666. The monoisotopic (exact) mass is 296 g/mol. The quantitative estimate of drug-likeness (QED) is 0.535. The zero-order chi connectivity index (χ0) is 15.5. The lowest BCUT2D eigenvalue weighted by atomic mass is 10.1. The summed E-state index contributed by atoms with van der Waals surface area (Å²) in [5.74, 6) is 0. The summed E-state index contributed by atoms with van der Waals surface area (Å²) >= 11 is 0. The van der Waals surface area contributed by atoms with Crippen molar-refractivity contribution >= 4 is 21.5 Å². The topological polar surface area (TPSA) is 25.2 Å². The van der Waals surface area contributed by atoms with Crippen LogP contribution in [-0.4, -0.2) is 4.98 Å². The highest BCUT2D eigenvalue weighted by molar-refractivity contribution is 5.92. The van der Waals surface area contributed by atoms with Gasteiger partial charge in [-0.25, -0.2) is 0 Å². The van der Waals surface area contributed by atoms with Crippen LogP contribution >= 0.6 is 0 Å². The second-order valence-electron chi connectivity index (χ2n) is 5.53. The standard InChI is InChI=1S/C21H16N2/c1-2-6-16(7-3-1)14-23-21-19-9-5-4-8-17(19)10-11-18-12-13-22-15-20(18)21/h1-13,15H,14H2. The highest BCUT2D eigenvalue weighted by Gasteiger charge is 2.00. The number of aromatic nitrogens is 1. The first-order valence-electron chi connectivity index (χ1n) is 7.72. The third kappa shape index (κ3) is 2.71. The molecule has 0 unspecified atom stereocenters. The third-order valence-corrected chi connectivity index (χ3v) is 4.03. The van der Waals surface area contributed by atoms with Gasteiger partial charge in [0.15, 0.2) is 0 Å². The van der Waals surface area contributed by atoms with Crippen LogP contribution < -0.4 is 5.36 Å². The van der Waals surface area contributed by atoms with E-state index in [1.54, 1.807) is 0 Å². The average molecular weight is 296 g/mol. The van der Waals surface area contributed by atoms with Gasteiger partial charge in [-0.05, 0) is 22.4 Å². The SMILES string of the molecule is c1ccc(CN=c2c3ccccc3ccc3ccncc23)cc1. The van der Waals surface area contributed by atoms with Crippen molar-refractivity contribution in [2.24, 2.45) is 4.99 Å². The molecule has 0 spiro atoms. The van der Waals surface area contributed by atoms with E-state index in [-0.39, 0.29) is 0 Å². The van der Waals surface area contributed by atoms with Crippen LogP contribution in [0.15, 0.2) is 90.2 Å². The molecule has 0 atom stereocenters. The van der Waals surface area contributed by atoms with Crippen molar-refractivity contribution in [3.05, 3.63) is 96.1 Å². The maximum absolute atomic E-state index is 4.93. The summed E-state index contributed by atoms with van der Waals surface area (Å²) in [6, 6.07) is 25.1. The van der Waals surface area contributed by atoms with E-state index in [4.69, 9.17) is 4.99 Å². The largest absolute Gasteiger partial charge is 0.279 e. The van der Waals surface area contributed by atoms with Gasteiger partial charge >= 0.3 is 0 Å². The Kier molecular flexibility index (Phi) is 3.57. The first kappa shape index (κ1) is 13.6. The molecule has 0 radical (unpaired) electrons. The Morgan fingerprint density at radius 1 is 0.696 bits per heavy atom. The molecule has 1 aromatic heterocycles. The van der Waals surface area contributed by atoms with Gasteiger partial charge in [0.2, 0.25) is 0 Å². The lowest BCUT2D eigenvalue weighted by Gasteiger charge is -1.98. The summed E-state index contributed by atoms with van der Waals surface area (Å²) in [5.41, 5.74) is 1.21. The van der Waals surface area contributed by atoms with E-state index in [0.29, 0.717) is 6.54 Å². The van der Waals surface area contributed by atoms with E-state index in [2.05, 4.69) is 53.5 Å². The zero-order valence-electron chi connectivity index (χ0n) is 12.7. The molecule has 0 bridgehead atoms. The molecule has 2 heteroatoms. The van der Waals surface area contributed by atoms with E-state index in [1.807, 2.05) is 36.7 Å². The number of benzene rings is 2. The van der Waals surface area contributed by atoms with Gasteiger partial charge in [0.25, 0.3) is 0 Å². The molecule has 23 heavy (non-hydrogen) atoms. The number of pyridine rings is 1. The summed E-state index contributed by atoms with van der Waals surface area (Å²) in [7, 11) is 0. The van der Waals surface area contributed by atoms with Crippen LogP contribution in [0.5, 0.6) is 0 Å². The molecule has 0 aliphatic heterocycles. The molecule has 0 amide bonds. The van der Waals surface area contributed by atoms with Crippen molar-refractivity contribution < 1.29 is 0 Å². The van der Waals surface area contributed by atoms with Crippen LogP contribution in [0.3, 0.4) is 0 Å². The molecular formula is C21H16N2. The molecule has 0 saturated heterocycles. The first-order valence-corrected chi connectivity index (χ1v) is 7.72. The summed E-state index contributed by atoms with van der Waals surface area (Å²) < 4.78 is 0. The van der Waals surface area contributed by atoms with Crippen molar-refractivity contribution in [2.75, 3.05) is 0 Å². The number of hydrogen-bond donors (Lipinski definition) is 0. The second kappa shape index (κ2) is 6.01. The van der Waals surface area contributed by atoms with Crippen molar-refractivity contribution in [1.29, 1.82) is 0 Å². The van der Waals surface area contributed by atoms with Crippen LogP contribution in [0.25, 0.3) is 21.5 Å². The van der Waals surface area contributed by atoms with Crippen LogP contribution in [0.2, 0.25) is 0 Å². The number of hydrogen-bond acceptors (Lipinski definition) is 2. The summed E-state index contributed by atoms with van der Waals surface area (Å²) in [5, 5.41) is 5.60. The molecular weight excluding hydrogens is 280 g/mol.